The van der Waals surface area contributed by atoms with Crippen molar-refractivity contribution in [3.05, 3.63) is 192 Å². The molecule has 0 saturated carbocycles. The van der Waals surface area contributed by atoms with Crippen LogP contribution in [0.1, 0.15) is 22.3 Å². The fourth-order valence-corrected chi connectivity index (χ4v) is 7.54. The third-order valence-electron chi connectivity index (χ3n) is 9.74. The van der Waals surface area contributed by atoms with E-state index in [9.17, 15) is 0 Å². The second kappa shape index (κ2) is 11.6. The van der Waals surface area contributed by atoms with E-state index in [1.54, 1.807) is 6.20 Å². The number of hydrogen-bond acceptors (Lipinski definition) is 6. The molecule has 0 bridgehead atoms. The van der Waals surface area contributed by atoms with E-state index < -0.39 is 5.41 Å². The lowest BCUT2D eigenvalue weighted by Gasteiger charge is -2.34. The van der Waals surface area contributed by atoms with Crippen LogP contribution in [0.2, 0.25) is 0 Å². The van der Waals surface area contributed by atoms with Crippen molar-refractivity contribution >= 4 is 0 Å². The summed E-state index contributed by atoms with van der Waals surface area (Å²) in [6.45, 7) is 0. The number of pyridine rings is 1. The van der Waals surface area contributed by atoms with Crippen LogP contribution in [0.4, 0.5) is 0 Å². The van der Waals surface area contributed by atoms with Crippen LogP contribution < -0.4 is 9.47 Å². The van der Waals surface area contributed by atoms with Gasteiger partial charge in [0.2, 0.25) is 0 Å². The van der Waals surface area contributed by atoms with Gasteiger partial charge in [0.05, 0.1) is 11.0 Å². The first kappa shape index (κ1) is 29.0. The molecule has 51 heavy (non-hydrogen) atoms. The van der Waals surface area contributed by atoms with Gasteiger partial charge in [0.25, 0.3) is 0 Å². The van der Waals surface area contributed by atoms with Gasteiger partial charge in [-0.2, -0.15) is 0 Å². The Morgan fingerprint density at radius 1 is 0.412 bits per heavy atom. The van der Waals surface area contributed by atoms with E-state index in [-0.39, 0.29) is 0 Å². The van der Waals surface area contributed by atoms with Gasteiger partial charge in [-0.1, -0.05) is 127 Å². The van der Waals surface area contributed by atoms with Gasteiger partial charge in [-0.25, -0.2) is 15.0 Å². The standard InChI is InChI=1S/C45H28N4O2/c1-4-15-29(16-5-1)42-47-43(49-44(48-42)37-24-12-13-26-46-37)33-22-14-25-38-41(33)51-39-27-34-32-21-10-11-23-35(32)45(30-17-6-2-7-18-30,31-19-8-3-9-20-31)36(34)28-40(39)50-38/h1-28H. The molecule has 0 saturated heterocycles. The molecule has 3 heterocycles. The molecule has 1 aliphatic heterocycles. The predicted octanol–water partition coefficient (Wildman–Crippen LogP) is 10.5. The summed E-state index contributed by atoms with van der Waals surface area (Å²) in [5.74, 6) is 3.89. The number of benzene rings is 6. The fraction of sp³-hybridized carbons (Fsp3) is 0.0222. The fourth-order valence-electron chi connectivity index (χ4n) is 7.54. The van der Waals surface area contributed by atoms with Crippen LogP contribution in [0.3, 0.4) is 0 Å². The third kappa shape index (κ3) is 4.57. The zero-order valence-electron chi connectivity index (χ0n) is 27.3. The van der Waals surface area contributed by atoms with Crippen molar-refractivity contribution in [3.63, 3.8) is 0 Å². The molecule has 2 aromatic heterocycles. The molecular formula is C45H28N4O2. The first-order valence-electron chi connectivity index (χ1n) is 16.9. The Hall–Kier alpha value is -6.92. The summed E-state index contributed by atoms with van der Waals surface area (Å²) in [4.78, 5) is 19.2. The molecule has 10 rings (SSSR count). The zero-order chi connectivity index (χ0) is 33.8. The second-order valence-electron chi connectivity index (χ2n) is 12.6. The average Bonchev–Trinajstić information content (AvgIpc) is 3.50. The summed E-state index contributed by atoms with van der Waals surface area (Å²) in [6.07, 6.45) is 1.74. The van der Waals surface area contributed by atoms with Gasteiger partial charge >= 0.3 is 0 Å². The van der Waals surface area contributed by atoms with Gasteiger partial charge in [0.1, 0.15) is 5.69 Å². The Kier molecular flexibility index (Phi) is 6.61. The smallest absolute Gasteiger partial charge is 0.182 e. The van der Waals surface area contributed by atoms with Crippen molar-refractivity contribution in [2.75, 3.05) is 0 Å². The molecule has 0 radical (unpaired) electrons. The van der Waals surface area contributed by atoms with Gasteiger partial charge in [-0.05, 0) is 69.8 Å². The van der Waals surface area contributed by atoms with Crippen molar-refractivity contribution in [1.82, 2.24) is 19.9 Å². The van der Waals surface area contributed by atoms with Crippen molar-refractivity contribution in [3.8, 4) is 68.4 Å². The Morgan fingerprint density at radius 2 is 1.04 bits per heavy atom. The predicted molar refractivity (Wildman–Crippen MR) is 198 cm³/mol. The molecule has 240 valence electrons. The number of fused-ring (bicyclic) bond motifs is 5. The molecule has 0 atom stereocenters. The highest BCUT2D eigenvalue weighted by atomic mass is 16.6. The maximum Gasteiger partial charge on any atom is 0.182 e. The number of para-hydroxylation sites is 1. The molecular weight excluding hydrogens is 629 g/mol. The highest BCUT2D eigenvalue weighted by Gasteiger charge is 2.47. The van der Waals surface area contributed by atoms with Gasteiger partial charge in [-0.15, -0.1) is 0 Å². The number of nitrogens with zero attached hydrogens (tertiary/aromatic N) is 4. The number of ether oxygens (including phenoxy) is 2. The van der Waals surface area contributed by atoms with Gasteiger partial charge < -0.3 is 9.47 Å². The lowest BCUT2D eigenvalue weighted by molar-refractivity contribution is 0.360. The minimum absolute atomic E-state index is 0.465. The Labute approximate surface area is 294 Å². The number of hydrogen-bond donors (Lipinski definition) is 0. The molecule has 6 heteroatoms. The SMILES string of the molecule is c1ccc(-c2nc(-c3ccccn3)nc(-c3cccc4c3Oc3cc5c(cc3O4)C(c3ccccc3)(c3ccccc3)c3ccccc3-5)n2)cc1. The molecule has 0 amide bonds. The van der Waals surface area contributed by atoms with E-state index in [2.05, 4.69) is 102 Å². The highest BCUT2D eigenvalue weighted by molar-refractivity contribution is 5.88. The maximum absolute atomic E-state index is 6.83. The van der Waals surface area contributed by atoms with Crippen molar-refractivity contribution < 1.29 is 9.47 Å². The van der Waals surface area contributed by atoms with Gasteiger partial charge in [0.15, 0.2) is 40.5 Å². The second-order valence-corrected chi connectivity index (χ2v) is 12.6. The van der Waals surface area contributed by atoms with E-state index >= 15 is 0 Å². The summed E-state index contributed by atoms with van der Waals surface area (Å²) < 4.78 is 13.6. The Bertz CT molecular complexity index is 2480. The highest BCUT2D eigenvalue weighted by Crippen LogP contribution is 2.60. The summed E-state index contributed by atoms with van der Waals surface area (Å²) in [5, 5.41) is 0. The average molecular weight is 657 g/mol. The molecule has 0 N–H and O–H groups in total. The van der Waals surface area contributed by atoms with Gasteiger partial charge in [-0.3, -0.25) is 4.98 Å². The molecule has 8 aromatic rings. The minimum atomic E-state index is -0.546. The Balaban J connectivity index is 1.15. The van der Waals surface area contributed by atoms with Crippen molar-refractivity contribution in [2.45, 2.75) is 5.41 Å². The minimum Gasteiger partial charge on any atom is -0.449 e. The molecule has 2 aliphatic rings. The van der Waals surface area contributed by atoms with E-state index in [1.165, 1.54) is 16.7 Å². The molecule has 0 fully saturated rings. The summed E-state index contributed by atoms with van der Waals surface area (Å²) >= 11 is 0. The summed E-state index contributed by atoms with van der Waals surface area (Å²) in [7, 11) is 0. The molecule has 6 aromatic carbocycles. The van der Waals surface area contributed by atoms with Crippen LogP contribution in [0.15, 0.2) is 170 Å². The van der Waals surface area contributed by atoms with Crippen LogP contribution >= 0.6 is 0 Å². The third-order valence-corrected chi connectivity index (χ3v) is 9.74. The largest absolute Gasteiger partial charge is 0.449 e. The molecule has 1 aliphatic carbocycles. The quantitative estimate of drug-likeness (QED) is 0.184. The lowest BCUT2D eigenvalue weighted by atomic mass is 9.67. The van der Waals surface area contributed by atoms with Crippen LogP contribution in [0.5, 0.6) is 23.0 Å². The Morgan fingerprint density at radius 3 is 1.78 bits per heavy atom. The van der Waals surface area contributed by atoms with Crippen LogP contribution in [-0.4, -0.2) is 19.9 Å². The number of aromatic nitrogens is 4. The first-order chi connectivity index (χ1) is 25.3. The van der Waals surface area contributed by atoms with Crippen LogP contribution in [0, 0.1) is 0 Å². The topological polar surface area (TPSA) is 70.0 Å². The van der Waals surface area contributed by atoms with E-state index in [0.29, 0.717) is 51.7 Å². The normalized spacial score (nSPS) is 13.2. The van der Waals surface area contributed by atoms with Crippen molar-refractivity contribution in [1.29, 1.82) is 0 Å². The zero-order valence-corrected chi connectivity index (χ0v) is 27.3. The lowest BCUT2D eigenvalue weighted by Crippen LogP contribution is -2.28. The first-order valence-corrected chi connectivity index (χ1v) is 16.9. The van der Waals surface area contributed by atoms with E-state index in [4.69, 9.17) is 24.4 Å². The monoisotopic (exact) mass is 656 g/mol. The van der Waals surface area contributed by atoms with E-state index in [0.717, 1.165) is 22.3 Å². The van der Waals surface area contributed by atoms with Crippen LogP contribution in [0.25, 0.3) is 45.4 Å². The van der Waals surface area contributed by atoms with Gasteiger partial charge in [0, 0.05) is 11.8 Å². The van der Waals surface area contributed by atoms with Crippen molar-refractivity contribution in [2.24, 2.45) is 0 Å². The number of rotatable bonds is 5. The molecule has 0 unspecified atom stereocenters. The summed E-state index contributed by atoms with van der Waals surface area (Å²) in [6, 6.07) is 55.8. The van der Waals surface area contributed by atoms with Crippen LogP contribution in [-0.2, 0) is 5.41 Å². The van der Waals surface area contributed by atoms with E-state index in [1.807, 2.05) is 66.7 Å². The molecule has 0 spiro atoms. The maximum atomic E-state index is 6.83. The summed E-state index contributed by atoms with van der Waals surface area (Å²) in [5.41, 5.74) is 8.69. The molecule has 6 nitrogen and oxygen atoms in total.